The van der Waals surface area contributed by atoms with Crippen LogP contribution in [0.25, 0.3) is 0 Å². The molecule has 0 heterocycles. The van der Waals surface area contributed by atoms with E-state index >= 15 is 0 Å². The number of rotatable bonds is 3. The van der Waals surface area contributed by atoms with Gasteiger partial charge in [-0.1, -0.05) is 19.3 Å². The lowest BCUT2D eigenvalue weighted by molar-refractivity contribution is -0.125. The van der Waals surface area contributed by atoms with Gasteiger partial charge in [0.2, 0.25) is 5.91 Å². The molecule has 1 amide bonds. The zero-order chi connectivity index (χ0) is 9.31. The van der Waals surface area contributed by atoms with Crippen LogP contribution in [0.4, 0.5) is 0 Å². The Bertz CT molecular complexity index is 205. The molecule has 0 aromatic carbocycles. The molecule has 0 unspecified atom stereocenters. The molecule has 13 heavy (non-hydrogen) atoms. The van der Waals surface area contributed by atoms with Gasteiger partial charge in [0.25, 0.3) is 0 Å². The fourth-order valence-corrected chi connectivity index (χ4v) is 2.24. The van der Waals surface area contributed by atoms with Crippen LogP contribution in [0.2, 0.25) is 0 Å². The molecule has 0 atom stereocenters. The molecule has 74 valence electrons. The largest absolute Gasteiger partial charge is 0.368 e. The highest BCUT2D eigenvalue weighted by Crippen LogP contribution is 2.32. The summed E-state index contributed by atoms with van der Waals surface area (Å²) in [5.41, 5.74) is 5.13. The number of carbonyl (C=O) groups is 1. The second-order valence-corrected chi connectivity index (χ2v) is 4.43. The maximum atomic E-state index is 11.4. The Kier molecular flexibility index (Phi) is 2.28. The molecular weight excluding hydrogens is 164 g/mol. The molecule has 2 saturated carbocycles. The number of hydrogen-bond acceptors (Lipinski definition) is 2. The summed E-state index contributed by atoms with van der Waals surface area (Å²) in [5.74, 6) is -0.140. The van der Waals surface area contributed by atoms with Gasteiger partial charge in [0.15, 0.2) is 0 Å². The third-order valence-electron chi connectivity index (χ3n) is 3.24. The van der Waals surface area contributed by atoms with Gasteiger partial charge in [-0.05, 0) is 25.7 Å². The summed E-state index contributed by atoms with van der Waals surface area (Å²) >= 11 is 0. The zero-order valence-electron chi connectivity index (χ0n) is 8.01. The van der Waals surface area contributed by atoms with Crippen molar-refractivity contribution in [2.75, 3.05) is 0 Å². The summed E-state index contributed by atoms with van der Waals surface area (Å²) in [5, 5.41) is 3.43. The standard InChI is InChI=1S/C10H18N2O/c11-9(13)10(12-8-4-5-8)6-2-1-3-7-10/h8,12H,1-7H2,(H2,11,13). The molecule has 0 aromatic rings. The topological polar surface area (TPSA) is 55.1 Å². The summed E-state index contributed by atoms with van der Waals surface area (Å²) in [4.78, 5) is 11.4. The SMILES string of the molecule is NC(=O)C1(NC2CC2)CCCCC1. The van der Waals surface area contributed by atoms with E-state index < -0.39 is 0 Å². The van der Waals surface area contributed by atoms with Crippen LogP contribution in [0, 0.1) is 0 Å². The molecule has 2 aliphatic rings. The van der Waals surface area contributed by atoms with Crippen molar-refractivity contribution < 1.29 is 4.79 Å². The molecule has 3 N–H and O–H groups in total. The molecule has 0 aliphatic heterocycles. The van der Waals surface area contributed by atoms with E-state index in [1.807, 2.05) is 0 Å². The monoisotopic (exact) mass is 182 g/mol. The number of primary amides is 1. The van der Waals surface area contributed by atoms with Crippen LogP contribution < -0.4 is 11.1 Å². The first-order valence-electron chi connectivity index (χ1n) is 5.31. The van der Waals surface area contributed by atoms with E-state index in [2.05, 4.69) is 5.32 Å². The van der Waals surface area contributed by atoms with E-state index in [-0.39, 0.29) is 11.4 Å². The summed E-state index contributed by atoms with van der Waals surface area (Å²) < 4.78 is 0. The van der Waals surface area contributed by atoms with Gasteiger partial charge < -0.3 is 11.1 Å². The lowest BCUT2D eigenvalue weighted by atomic mass is 9.81. The first kappa shape index (κ1) is 9.00. The second kappa shape index (κ2) is 3.29. The predicted octanol–water partition coefficient (Wildman–Crippen LogP) is 0.927. The van der Waals surface area contributed by atoms with Crippen molar-refractivity contribution in [3.8, 4) is 0 Å². The Morgan fingerprint density at radius 1 is 1.23 bits per heavy atom. The average molecular weight is 182 g/mol. The average Bonchev–Trinajstić information content (AvgIpc) is 2.90. The lowest BCUT2D eigenvalue weighted by Crippen LogP contribution is -2.57. The summed E-state index contributed by atoms with van der Waals surface area (Å²) in [6.07, 6.45) is 7.86. The maximum absolute atomic E-state index is 11.4. The van der Waals surface area contributed by atoms with E-state index in [0.29, 0.717) is 6.04 Å². The minimum absolute atomic E-state index is 0.140. The van der Waals surface area contributed by atoms with Crippen molar-refractivity contribution >= 4 is 5.91 Å². The van der Waals surface area contributed by atoms with Crippen LogP contribution in [0.1, 0.15) is 44.9 Å². The quantitative estimate of drug-likeness (QED) is 0.682. The van der Waals surface area contributed by atoms with Crippen molar-refractivity contribution in [3.05, 3.63) is 0 Å². The number of amides is 1. The molecule has 0 spiro atoms. The molecule has 3 nitrogen and oxygen atoms in total. The van der Waals surface area contributed by atoms with Crippen LogP contribution in [0.3, 0.4) is 0 Å². The first-order valence-corrected chi connectivity index (χ1v) is 5.31. The van der Waals surface area contributed by atoms with Crippen LogP contribution in [-0.2, 0) is 4.79 Å². The number of carbonyl (C=O) groups excluding carboxylic acids is 1. The zero-order valence-corrected chi connectivity index (χ0v) is 8.01. The fourth-order valence-electron chi connectivity index (χ4n) is 2.24. The molecule has 0 aromatic heterocycles. The van der Waals surface area contributed by atoms with Crippen molar-refractivity contribution in [2.24, 2.45) is 5.73 Å². The Labute approximate surface area is 79.1 Å². The van der Waals surface area contributed by atoms with Gasteiger partial charge in [0.1, 0.15) is 0 Å². The molecular formula is C10H18N2O. The van der Waals surface area contributed by atoms with Gasteiger partial charge in [0, 0.05) is 6.04 Å². The highest BCUT2D eigenvalue weighted by Gasteiger charge is 2.41. The molecule has 2 rings (SSSR count). The second-order valence-electron chi connectivity index (χ2n) is 4.43. The molecule has 2 aliphatic carbocycles. The Hall–Kier alpha value is -0.570. The highest BCUT2D eigenvalue weighted by atomic mass is 16.1. The van der Waals surface area contributed by atoms with Crippen LogP contribution in [-0.4, -0.2) is 17.5 Å². The molecule has 0 bridgehead atoms. The van der Waals surface area contributed by atoms with Crippen LogP contribution in [0.15, 0.2) is 0 Å². The molecule has 0 radical (unpaired) electrons. The van der Waals surface area contributed by atoms with E-state index in [0.717, 1.165) is 25.7 Å². The van der Waals surface area contributed by atoms with E-state index in [1.54, 1.807) is 0 Å². The molecule has 2 fully saturated rings. The Morgan fingerprint density at radius 3 is 2.31 bits per heavy atom. The van der Waals surface area contributed by atoms with E-state index in [4.69, 9.17) is 5.73 Å². The van der Waals surface area contributed by atoms with Crippen molar-refractivity contribution in [1.29, 1.82) is 0 Å². The number of nitrogens with two attached hydrogens (primary N) is 1. The summed E-state index contributed by atoms with van der Waals surface area (Å²) in [6, 6.07) is 0.575. The molecule has 3 heteroatoms. The first-order chi connectivity index (χ1) is 6.23. The third-order valence-corrected chi connectivity index (χ3v) is 3.24. The minimum Gasteiger partial charge on any atom is -0.368 e. The normalized spacial score (nSPS) is 27.1. The predicted molar refractivity (Wildman–Crippen MR) is 51.2 cm³/mol. The van der Waals surface area contributed by atoms with Gasteiger partial charge >= 0.3 is 0 Å². The van der Waals surface area contributed by atoms with Crippen molar-refractivity contribution in [2.45, 2.75) is 56.5 Å². The Morgan fingerprint density at radius 2 is 1.85 bits per heavy atom. The minimum atomic E-state index is -0.348. The van der Waals surface area contributed by atoms with Gasteiger partial charge in [-0.15, -0.1) is 0 Å². The lowest BCUT2D eigenvalue weighted by Gasteiger charge is -2.35. The maximum Gasteiger partial charge on any atom is 0.237 e. The van der Waals surface area contributed by atoms with Gasteiger partial charge in [-0.2, -0.15) is 0 Å². The summed E-state index contributed by atoms with van der Waals surface area (Å²) in [7, 11) is 0. The highest BCUT2D eigenvalue weighted by molar-refractivity contribution is 5.84. The van der Waals surface area contributed by atoms with Crippen molar-refractivity contribution in [3.63, 3.8) is 0 Å². The van der Waals surface area contributed by atoms with E-state index in [1.165, 1.54) is 19.3 Å². The van der Waals surface area contributed by atoms with Crippen LogP contribution in [0.5, 0.6) is 0 Å². The van der Waals surface area contributed by atoms with E-state index in [9.17, 15) is 4.79 Å². The van der Waals surface area contributed by atoms with Crippen LogP contribution >= 0.6 is 0 Å². The van der Waals surface area contributed by atoms with Crippen molar-refractivity contribution in [1.82, 2.24) is 5.32 Å². The Balaban J connectivity index is 2.02. The third kappa shape index (κ3) is 1.85. The number of nitrogens with one attached hydrogen (secondary N) is 1. The molecule has 0 saturated heterocycles. The van der Waals surface area contributed by atoms with Gasteiger partial charge in [-0.25, -0.2) is 0 Å². The fraction of sp³-hybridized carbons (Fsp3) is 0.900. The summed E-state index contributed by atoms with van der Waals surface area (Å²) in [6.45, 7) is 0. The number of hydrogen-bond donors (Lipinski definition) is 2. The van der Waals surface area contributed by atoms with Gasteiger partial charge in [0.05, 0.1) is 5.54 Å². The van der Waals surface area contributed by atoms with Gasteiger partial charge in [-0.3, -0.25) is 4.79 Å². The smallest absolute Gasteiger partial charge is 0.237 e.